The van der Waals surface area contributed by atoms with Gasteiger partial charge < -0.3 is 5.32 Å². The zero-order chi connectivity index (χ0) is 11.5. The number of halogens is 2. The molecule has 0 fully saturated rings. The minimum atomic E-state index is 0.0165. The normalized spacial score (nSPS) is 19.0. The number of carbonyl (C=O) groups excluding carboxylic acids is 1. The second kappa shape index (κ2) is 5.43. The van der Waals surface area contributed by atoms with Crippen molar-refractivity contribution >= 4 is 45.2 Å². The number of hydrogen-bond acceptors (Lipinski definition) is 2. The van der Waals surface area contributed by atoms with E-state index in [-0.39, 0.29) is 11.9 Å². The van der Waals surface area contributed by atoms with Crippen LogP contribution in [0.25, 0.3) is 0 Å². The topological polar surface area (TPSA) is 29.1 Å². The van der Waals surface area contributed by atoms with E-state index in [1.54, 1.807) is 0 Å². The van der Waals surface area contributed by atoms with Crippen LogP contribution in [0.2, 0.25) is 5.02 Å². The van der Waals surface area contributed by atoms with E-state index in [2.05, 4.69) is 21.2 Å². The lowest BCUT2D eigenvalue weighted by Gasteiger charge is -2.25. The van der Waals surface area contributed by atoms with Crippen molar-refractivity contribution in [2.75, 3.05) is 11.1 Å². The maximum absolute atomic E-state index is 11.4. The molecule has 5 heteroatoms. The molecule has 1 aromatic carbocycles. The second-order valence-corrected chi connectivity index (χ2v) is 5.71. The van der Waals surface area contributed by atoms with Gasteiger partial charge >= 0.3 is 0 Å². The van der Waals surface area contributed by atoms with Gasteiger partial charge in [0.15, 0.2) is 0 Å². The second-order valence-electron chi connectivity index (χ2n) is 3.57. The van der Waals surface area contributed by atoms with Crippen LogP contribution in [0.4, 0.5) is 0 Å². The van der Waals surface area contributed by atoms with Gasteiger partial charge in [-0.2, -0.15) is 0 Å². The highest BCUT2D eigenvalue weighted by Crippen LogP contribution is 2.37. The maximum Gasteiger partial charge on any atom is 0.231 e. The summed E-state index contributed by atoms with van der Waals surface area (Å²) in [6, 6.07) is 5.96. The molecule has 0 aromatic heterocycles. The molecule has 0 radical (unpaired) electrons. The molecule has 2 nitrogen and oxygen atoms in total. The number of thioether (sulfide) groups is 1. The van der Waals surface area contributed by atoms with Crippen LogP contribution in [-0.2, 0) is 4.79 Å². The van der Waals surface area contributed by atoms with Gasteiger partial charge in [-0.15, -0.1) is 11.8 Å². The Kier molecular flexibility index (Phi) is 4.16. The number of fused-ring (bicyclic) bond motifs is 1. The number of carbonyl (C=O) groups is 1. The molecule has 0 spiro atoms. The average molecular weight is 321 g/mol. The van der Waals surface area contributed by atoms with Crippen molar-refractivity contribution in [1.82, 2.24) is 5.32 Å². The van der Waals surface area contributed by atoms with Crippen molar-refractivity contribution in [1.29, 1.82) is 0 Å². The fourth-order valence-electron chi connectivity index (χ4n) is 1.75. The predicted molar refractivity (Wildman–Crippen MR) is 71.5 cm³/mol. The van der Waals surface area contributed by atoms with E-state index in [0.29, 0.717) is 5.33 Å². The molecule has 0 aliphatic carbocycles. The van der Waals surface area contributed by atoms with Crippen molar-refractivity contribution in [2.45, 2.75) is 17.4 Å². The fraction of sp³-hybridized carbons (Fsp3) is 0.364. The third kappa shape index (κ3) is 2.73. The Morgan fingerprint density at radius 3 is 3.19 bits per heavy atom. The van der Waals surface area contributed by atoms with E-state index in [1.807, 2.05) is 30.0 Å². The molecule has 1 unspecified atom stereocenters. The molecule has 1 aromatic rings. The van der Waals surface area contributed by atoms with Crippen LogP contribution in [0.5, 0.6) is 0 Å². The number of benzene rings is 1. The summed E-state index contributed by atoms with van der Waals surface area (Å²) in [4.78, 5) is 12.6. The minimum Gasteiger partial charge on any atom is -0.349 e. The molecular formula is C11H11BrClNOS. The van der Waals surface area contributed by atoms with Crippen molar-refractivity contribution < 1.29 is 4.79 Å². The van der Waals surface area contributed by atoms with E-state index in [0.717, 1.165) is 22.8 Å². The molecule has 1 aliphatic rings. The smallest absolute Gasteiger partial charge is 0.231 e. The van der Waals surface area contributed by atoms with Gasteiger partial charge in [0, 0.05) is 15.7 Å². The Balaban J connectivity index is 2.24. The first-order valence-corrected chi connectivity index (χ1v) is 7.47. The molecule has 1 heterocycles. The quantitative estimate of drug-likeness (QED) is 0.846. The largest absolute Gasteiger partial charge is 0.349 e. The summed E-state index contributed by atoms with van der Waals surface area (Å²) in [5, 5.41) is 4.06. The Morgan fingerprint density at radius 2 is 2.44 bits per heavy atom. The summed E-state index contributed by atoms with van der Waals surface area (Å²) < 4.78 is 0. The molecule has 16 heavy (non-hydrogen) atoms. The van der Waals surface area contributed by atoms with Crippen molar-refractivity contribution in [2.24, 2.45) is 0 Å². The third-order valence-corrected chi connectivity index (χ3v) is 4.33. The van der Waals surface area contributed by atoms with Crippen molar-refractivity contribution in [3.63, 3.8) is 0 Å². The van der Waals surface area contributed by atoms with Gasteiger partial charge in [-0.25, -0.2) is 0 Å². The Bertz CT molecular complexity index is 413. The molecule has 86 valence electrons. The van der Waals surface area contributed by atoms with E-state index in [1.165, 1.54) is 4.90 Å². The van der Waals surface area contributed by atoms with E-state index < -0.39 is 0 Å². The van der Waals surface area contributed by atoms with Gasteiger partial charge in [0.05, 0.1) is 11.4 Å². The minimum absolute atomic E-state index is 0.0165. The molecule has 0 bridgehead atoms. The lowest BCUT2D eigenvalue weighted by atomic mass is 10.0. The van der Waals surface area contributed by atoms with E-state index >= 15 is 0 Å². The highest BCUT2D eigenvalue weighted by Gasteiger charge is 2.22. The molecule has 0 saturated carbocycles. The van der Waals surface area contributed by atoms with Crippen LogP contribution in [0, 0.1) is 0 Å². The molecule has 1 aliphatic heterocycles. The summed E-state index contributed by atoms with van der Waals surface area (Å²) in [5.41, 5.74) is 1.14. The molecule has 0 saturated heterocycles. The molecule has 2 rings (SSSR count). The van der Waals surface area contributed by atoms with E-state index in [9.17, 15) is 4.79 Å². The standard InChI is InChI=1S/C11H11BrClNOS/c12-6-11(15)14-9-3-4-16-10-2-1-7(13)5-8(9)10/h1-2,5,9H,3-4,6H2,(H,14,15). The summed E-state index contributed by atoms with van der Waals surface area (Å²) in [7, 11) is 0. The third-order valence-electron chi connectivity index (χ3n) is 2.47. The molecule has 1 amide bonds. The molecular weight excluding hydrogens is 310 g/mol. The summed E-state index contributed by atoms with van der Waals surface area (Å²) >= 11 is 10.9. The number of hydrogen-bond donors (Lipinski definition) is 1. The van der Waals surface area contributed by atoms with Crippen LogP contribution in [0.3, 0.4) is 0 Å². The van der Waals surface area contributed by atoms with Crippen molar-refractivity contribution in [3.05, 3.63) is 28.8 Å². The number of amides is 1. The predicted octanol–water partition coefficient (Wildman–Crippen LogP) is 3.39. The number of nitrogens with one attached hydrogen (secondary N) is 1. The van der Waals surface area contributed by atoms with Gasteiger partial charge in [-0.3, -0.25) is 4.79 Å². The highest BCUT2D eigenvalue weighted by atomic mass is 79.9. The monoisotopic (exact) mass is 319 g/mol. The van der Waals surface area contributed by atoms with Gasteiger partial charge in [0.2, 0.25) is 5.91 Å². The average Bonchev–Trinajstić information content (AvgIpc) is 2.29. The first kappa shape index (κ1) is 12.3. The van der Waals surface area contributed by atoms with Crippen LogP contribution in [-0.4, -0.2) is 17.0 Å². The zero-order valence-electron chi connectivity index (χ0n) is 8.50. The van der Waals surface area contributed by atoms with E-state index in [4.69, 9.17) is 11.6 Å². The summed E-state index contributed by atoms with van der Waals surface area (Å²) in [6.45, 7) is 0. The molecule has 1 N–H and O–H groups in total. The number of alkyl halides is 1. The van der Waals surface area contributed by atoms with Crippen molar-refractivity contribution in [3.8, 4) is 0 Å². The van der Waals surface area contributed by atoms with Crippen LogP contribution in [0.15, 0.2) is 23.1 Å². The van der Waals surface area contributed by atoms with Crippen LogP contribution >= 0.6 is 39.3 Å². The molecule has 1 atom stereocenters. The van der Waals surface area contributed by atoms with Gasteiger partial charge in [-0.1, -0.05) is 27.5 Å². The van der Waals surface area contributed by atoms with Gasteiger partial charge in [0.1, 0.15) is 0 Å². The van der Waals surface area contributed by atoms with Gasteiger partial charge in [-0.05, 0) is 30.2 Å². The lowest BCUT2D eigenvalue weighted by Crippen LogP contribution is -2.31. The van der Waals surface area contributed by atoms with Gasteiger partial charge in [0.25, 0.3) is 0 Å². The fourth-order valence-corrected chi connectivity index (χ4v) is 3.20. The first-order chi connectivity index (χ1) is 7.70. The Morgan fingerprint density at radius 1 is 1.62 bits per heavy atom. The Hall–Kier alpha value is -0.190. The number of rotatable bonds is 2. The van der Waals surface area contributed by atoms with Crippen LogP contribution in [0.1, 0.15) is 18.0 Å². The lowest BCUT2D eigenvalue weighted by molar-refractivity contribution is -0.119. The summed E-state index contributed by atoms with van der Waals surface area (Å²) in [6.07, 6.45) is 0.955. The highest BCUT2D eigenvalue weighted by molar-refractivity contribution is 9.09. The summed E-state index contributed by atoms with van der Waals surface area (Å²) in [5.74, 6) is 1.05. The van der Waals surface area contributed by atoms with Crippen LogP contribution < -0.4 is 5.32 Å². The maximum atomic E-state index is 11.4. The first-order valence-electron chi connectivity index (χ1n) is 4.98. The zero-order valence-corrected chi connectivity index (χ0v) is 11.7. The Labute approximate surface area is 112 Å². The SMILES string of the molecule is O=C(CBr)NC1CCSc2ccc(Cl)cc21.